The minimum absolute atomic E-state index is 0.212. The van der Waals surface area contributed by atoms with Crippen LogP contribution in [0.15, 0.2) is 41.2 Å². The fraction of sp³-hybridized carbons (Fsp3) is 0.267. The second-order valence-electron chi connectivity index (χ2n) is 4.27. The summed E-state index contributed by atoms with van der Waals surface area (Å²) in [5.74, 6) is 0. The zero-order valence-corrected chi connectivity index (χ0v) is 11.9. The van der Waals surface area contributed by atoms with Crippen molar-refractivity contribution in [3.8, 4) is 11.3 Å². The predicted molar refractivity (Wildman–Crippen MR) is 81.1 cm³/mol. The van der Waals surface area contributed by atoms with Crippen molar-refractivity contribution in [1.82, 2.24) is 4.98 Å². The van der Waals surface area contributed by atoms with Crippen LogP contribution in [-0.2, 0) is 0 Å². The Bertz CT molecular complexity index is 618. The average molecular weight is 277 g/mol. The Morgan fingerprint density at radius 2 is 1.89 bits per heavy atom. The van der Waals surface area contributed by atoms with E-state index in [1.165, 1.54) is 0 Å². The van der Waals surface area contributed by atoms with Gasteiger partial charge in [0, 0.05) is 30.0 Å². The molecular formula is C15H17ClN2O. The standard InChI is InChI=1S/C15H17ClN2O/c1-3-18(4-2)12-7-5-6-11(10-12)14-9-8-13(16)15(19)17-14/h5-10H,3-4H2,1-2H3,(H,17,19). The lowest BCUT2D eigenvalue weighted by Crippen LogP contribution is -2.21. The van der Waals surface area contributed by atoms with Gasteiger partial charge in [0.15, 0.2) is 0 Å². The maximum absolute atomic E-state index is 11.5. The molecular weight excluding hydrogens is 260 g/mol. The Labute approximate surface area is 117 Å². The van der Waals surface area contributed by atoms with Gasteiger partial charge in [-0.05, 0) is 38.1 Å². The third-order valence-corrected chi connectivity index (χ3v) is 3.44. The molecule has 4 heteroatoms. The van der Waals surface area contributed by atoms with Gasteiger partial charge in [0.25, 0.3) is 5.56 Å². The lowest BCUT2D eigenvalue weighted by molar-refractivity contribution is 0.866. The van der Waals surface area contributed by atoms with Crippen molar-refractivity contribution in [1.29, 1.82) is 0 Å². The number of H-pyrrole nitrogens is 1. The molecule has 1 N–H and O–H groups in total. The monoisotopic (exact) mass is 276 g/mol. The summed E-state index contributed by atoms with van der Waals surface area (Å²) in [7, 11) is 0. The summed E-state index contributed by atoms with van der Waals surface area (Å²) in [5.41, 5.74) is 2.66. The van der Waals surface area contributed by atoms with Crippen LogP contribution in [0.4, 0.5) is 5.69 Å². The van der Waals surface area contributed by atoms with Crippen LogP contribution in [0.5, 0.6) is 0 Å². The van der Waals surface area contributed by atoms with Crippen LogP contribution >= 0.6 is 11.6 Å². The van der Waals surface area contributed by atoms with E-state index >= 15 is 0 Å². The number of hydrogen-bond acceptors (Lipinski definition) is 2. The molecule has 0 radical (unpaired) electrons. The van der Waals surface area contributed by atoms with Crippen molar-refractivity contribution < 1.29 is 0 Å². The van der Waals surface area contributed by atoms with E-state index in [1.807, 2.05) is 18.2 Å². The molecule has 2 aromatic rings. The largest absolute Gasteiger partial charge is 0.372 e. The van der Waals surface area contributed by atoms with Gasteiger partial charge in [-0.1, -0.05) is 23.7 Å². The van der Waals surface area contributed by atoms with Gasteiger partial charge in [0.05, 0.1) is 0 Å². The zero-order valence-electron chi connectivity index (χ0n) is 11.1. The summed E-state index contributed by atoms with van der Waals surface area (Å²) in [4.78, 5) is 16.6. The topological polar surface area (TPSA) is 36.1 Å². The molecule has 0 bridgehead atoms. The lowest BCUT2D eigenvalue weighted by atomic mass is 10.1. The number of aromatic nitrogens is 1. The van der Waals surface area contributed by atoms with E-state index < -0.39 is 0 Å². The van der Waals surface area contributed by atoms with Crippen LogP contribution in [0.3, 0.4) is 0 Å². The number of anilines is 1. The van der Waals surface area contributed by atoms with Gasteiger partial charge in [0.2, 0.25) is 0 Å². The van der Waals surface area contributed by atoms with Gasteiger partial charge in [-0.25, -0.2) is 0 Å². The molecule has 0 atom stereocenters. The molecule has 0 aliphatic carbocycles. The molecule has 1 heterocycles. The quantitative estimate of drug-likeness (QED) is 0.927. The zero-order chi connectivity index (χ0) is 13.8. The van der Waals surface area contributed by atoms with Crippen LogP contribution in [-0.4, -0.2) is 18.1 Å². The summed E-state index contributed by atoms with van der Waals surface area (Å²) in [6, 6.07) is 11.6. The highest BCUT2D eigenvalue weighted by molar-refractivity contribution is 6.30. The van der Waals surface area contributed by atoms with Crippen LogP contribution < -0.4 is 10.5 Å². The first-order valence-corrected chi connectivity index (χ1v) is 6.77. The summed E-state index contributed by atoms with van der Waals surface area (Å²) < 4.78 is 0. The van der Waals surface area contributed by atoms with Crippen molar-refractivity contribution in [3.05, 3.63) is 51.8 Å². The molecule has 0 amide bonds. The van der Waals surface area contributed by atoms with Crippen LogP contribution in [0.2, 0.25) is 5.02 Å². The van der Waals surface area contributed by atoms with Crippen LogP contribution in [0.1, 0.15) is 13.8 Å². The molecule has 2 rings (SSSR count). The molecule has 0 saturated carbocycles. The summed E-state index contributed by atoms with van der Waals surface area (Å²) in [6.07, 6.45) is 0. The van der Waals surface area contributed by atoms with E-state index in [9.17, 15) is 4.79 Å². The van der Waals surface area contributed by atoms with Crippen molar-refractivity contribution in [3.63, 3.8) is 0 Å². The first kappa shape index (κ1) is 13.7. The molecule has 100 valence electrons. The number of aromatic amines is 1. The van der Waals surface area contributed by atoms with Crippen LogP contribution in [0, 0.1) is 0 Å². The van der Waals surface area contributed by atoms with Crippen molar-refractivity contribution >= 4 is 17.3 Å². The maximum Gasteiger partial charge on any atom is 0.267 e. The maximum atomic E-state index is 11.5. The van der Waals surface area contributed by atoms with E-state index in [0.717, 1.165) is 30.0 Å². The van der Waals surface area contributed by atoms with E-state index in [-0.39, 0.29) is 10.6 Å². The Balaban J connectivity index is 2.42. The second kappa shape index (κ2) is 5.93. The van der Waals surface area contributed by atoms with Crippen molar-refractivity contribution in [2.75, 3.05) is 18.0 Å². The van der Waals surface area contributed by atoms with Gasteiger partial charge < -0.3 is 9.88 Å². The normalized spacial score (nSPS) is 10.5. The minimum Gasteiger partial charge on any atom is -0.372 e. The van der Waals surface area contributed by atoms with Crippen molar-refractivity contribution in [2.24, 2.45) is 0 Å². The highest BCUT2D eigenvalue weighted by Crippen LogP contribution is 2.23. The molecule has 1 aromatic carbocycles. The lowest BCUT2D eigenvalue weighted by Gasteiger charge is -2.21. The fourth-order valence-electron chi connectivity index (χ4n) is 2.08. The Kier molecular flexibility index (Phi) is 4.27. The van der Waals surface area contributed by atoms with Gasteiger partial charge in [-0.15, -0.1) is 0 Å². The molecule has 0 unspecified atom stereocenters. The van der Waals surface area contributed by atoms with Crippen LogP contribution in [0.25, 0.3) is 11.3 Å². The number of nitrogens with one attached hydrogen (secondary N) is 1. The molecule has 19 heavy (non-hydrogen) atoms. The van der Waals surface area contributed by atoms with Gasteiger partial charge in [-0.3, -0.25) is 4.79 Å². The first-order chi connectivity index (χ1) is 9.15. The average Bonchev–Trinajstić information content (AvgIpc) is 2.44. The molecule has 0 spiro atoms. The van der Waals surface area contributed by atoms with Gasteiger partial charge >= 0.3 is 0 Å². The molecule has 3 nitrogen and oxygen atoms in total. The molecule has 0 fully saturated rings. The minimum atomic E-state index is -0.257. The fourth-order valence-corrected chi connectivity index (χ4v) is 2.19. The van der Waals surface area contributed by atoms with E-state index in [2.05, 4.69) is 35.9 Å². The summed E-state index contributed by atoms with van der Waals surface area (Å²) >= 11 is 5.74. The first-order valence-electron chi connectivity index (χ1n) is 6.40. The van der Waals surface area contributed by atoms with Gasteiger partial charge in [0.1, 0.15) is 5.02 Å². The highest BCUT2D eigenvalue weighted by Gasteiger charge is 2.05. The Morgan fingerprint density at radius 3 is 2.53 bits per heavy atom. The van der Waals surface area contributed by atoms with Crippen molar-refractivity contribution in [2.45, 2.75) is 13.8 Å². The highest BCUT2D eigenvalue weighted by atomic mass is 35.5. The smallest absolute Gasteiger partial charge is 0.267 e. The molecule has 0 aliphatic heterocycles. The SMILES string of the molecule is CCN(CC)c1cccc(-c2ccc(Cl)c(=O)[nH]2)c1. The summed E-state index contributed by atoms with van der Waals surface area (Å²) in [5, 5.41) is 0.212. The number of hydrogen-bond donors (Lipinski definition) is 1. The molecule has 0 aliphatic rings. The third kappa shape index (κ3) is 2.99. The number of halogens is 1. The van der Waals surface area contributed by atoms with E-state index in [4.69, 9.17) is 11.6 Å². The van der Waals surface area contributed by atoms with Gasteiger partial charge in [-0.2, -0.15) is 0 Å². The third-order valence-electron chi connectivity index (χ3n) is 3.15. The van der Waals surface area contributed by atoms with E-state index in [0.29, 0.717) is 0 Å². The number of rotatable bonds is 4. The molecule has 0 saturated heterocycles. The molecule has 1 aromatic heterocycles. The second-order valence-corrected chi connectivity index (χ2v) is 4.68. The number of pyridine rings is 1. The number of benzene rings is 1. The predicted octanol–water partition coefficient (Wildman–Crippen LogP) is 3.54. The number of nitrogens with zero attached hydrogens (tertiary/aromatic N) is 1. The summed E-state index contributed by atoms with van der Waals surface area (Å²) in [6.45, 7) is 6.16. The Hall–Kier alpha value is -1.74. The van der Waals surface area contributed by atoms with E-state index in [1.54, 1.807) is 6.07 Å². The Morgan fingerprint density at radius 1 is 1.16 bits per heavy atom.